The summed E-state index contributed by atoms with van der Waals surface area (Å²) in [5.41, 5.74) is -1.34. The first kappa shape index (κ1) is 24.0. The number of phenolic OH excluding ortho intramolecular Hbond substituents is 2. The highest BCUT2D eigenvalue weighted by Gasteiger charge is 2.56. The molecule has 1 aromatic rings. The summed E-state index contributed by atoms with van der Waals surface area (Å²) in [7, 11) is 0. The molecule has 0 aromatic heterocycles. The van der Waals surface area contributed by atoms with E-state index >= 15 is 0 Å². The number of phenols is 2. The maximum absolute atomic E-state index is 13.6. The van der Waals surface area contributed by atoms with Crippen molar-refractivity contribution in [2.75, 3.05) is 6.54 Å². The van der Waals surface area contributed by atoms with Crippen LogP contribution in [0.15, 0.2) is 23.1 Å². The van der Waals surface area contributed by atoms with E-state index in [1.807, 2.05) is 0 Å². The molecule has 0 saturated heterocycles. The number of carboxylic acids is 1. The first-order valence-electron chi connectivity index (χ1n) is 10.7. The highest BCUT2D eigenvalue weighted by molar-refractivity contribution is 6.31. The normalized spacial score (nSPS) is 20.5. The third-order valence-electron chi connectivity index (χ3n) is 6.22. The molecule has 1 aliphatic carbocycles. The van der Waals surface area contributed by atoms with E-state index < -0.39 is 34.5 Å². The molecule has 1 aromatic carbocycles. The van der Waals surface area contributed by atoms with E-state index in [2.05, 4.69) is 5.32 Å². The number of unbranched alkanes of at least 4 members (excludes halogenated alkanes) is 2. The van der Waals surface area contributed by atoms with Crippen LogP contribution >= 0.6 is 0 Å². The number of hydrogen-bond acceptors (Lipinski definition) is 8. The van der Waals surface area contributed by atoms with Crippen LogP contribution in [-0.2, 0) is 19.8 Å². The number of nitrogens with one attached hydrogen (secondary N) is 1. The zero-order valence-electron chi connectivity index (χ0n) is 19.0. The average Bonchev–Trinajstić information content (AvgIpc) is 3.01. The van der Waals surface area contributed by atoms with Crippen molar-refractivity contribution in [2.45, 2.75) is 58.8 Å². The molecule has 3 rings (SSSR count). The summed E-state index contributed by atoms with van der Waals surface area (Å²) in [5, 5.41) is 32.9. The molecule has 0 fully saturated rings. The van der Waals surface area contributed by atoms with Crippen molar-refractivity contribution in [1.29, 1.82) is 0 Å². The van der Waals surface area contributed by atoms with Gasteiger partial charge in [-0.05, 0) is 40.5 Å². The molecule has 9 nitrogen and oxygen atoms in total. The lowest BCUT2D eigenvalue weighted by atomic mass is 9.70. The van der Waals surface area contributed by atoms with E-state index in [0.717, 1.165) is 0 Å². The molecule has 1 heterocycles. The SMILES string of the molecule is CC(=O)c1c(O)c(C)c(O)c2c1OC1=CC(=O)C(=C(C)NCCCCCC(=O)O)C(=O)C12C. The van der Waals surface area contributed by atoms with E-state index in [1.165, 1.54) is 26.8 Å². The predicted octanol–water partition coefficient (Wildman–Crippen LogP) is 2.80. The van der Waals surface area contributed by atoms with Gasteiger partial charge in [0.05, 0.1) is 11.1 Å². The van der Waals surface area contributed by atoms with Gasteiger partial charge in [0.15, 0.2) is 17.3 Å². The standard InChI is InChI=1S/C24H27NO8/c1-11-20(30)18(13(3)26)22-19(21(11)31)24(4)15(33-22)10-14(27)17(23(24)32)12(2)25-9-7-5-6-8-16(28)29/h10,25,30-31H,5-9H2,1-4H3,(H,28,29). The fraction of sp³-hybridized carbons (Fsp3) is 0.417. The highest BCUT2D eigenvalue weighted by Crippen LogP contribution is 2.57. The molecule has 0 amide bonds. The summed E-state index contributed by atoms with van der Waals surface area (Å²) in [5.74, 6) is -3.46. The molecule has 33 heavy (non-hydrogen) atoms. The number of benzene rings is 1. The number of aromatic hydroxyl groups is 2. The molecule has 0 radical (unpaired) electrons. The van der Waals surface area contributed by atoms with Crippen LogP contribution in [0.25, 0.3) is 0 Å². The second-order valence-corrected chi connectivity index (χ2v) is 8.52. The Morgan fingerprint density at radius 3 is 2.36 bits per heavy atom. The lowest BCUT2D eigenvalue weighted by Crippen LogP contribution is -2.41. The molecule has 1 unspecified atom stereocenters. The van der Waals surface area contributed by atoms with E-state index in [-0.39, 0.29) is 45.9 Å². The number of allylic oxidation sites excluding steroid dienone is 4. The largest absolute Gasteiger partial charge is 0.507 e. The molecule has 0 saturated carbocycles. The second-order valence-electron chi connectivity index (χ2n) is 8.52. The number of rotatable bonds is 8. The number of aliphatic carboxylic acids is 1. The molecule has 4 N–H and O–H groups in total. The van der Waals surface area contributed by atoms with Gasteiger partial charge in [0.2, 0.25) is 0 Å². The monoisotopic (exact) mass is 457 g/mol. The van der Waals surface area contributed by atoms with Crippen molar-refractivity contribution in [3.05, 3.63) is 39.8 Å². The average molecular weight is 457 g/mol. The van der Waals surface area contributed by atoms with Gasteiger partial charge in [0, 0.05) is 30.3 Å². The van der Waals surface area contributed by atoms with Gasteiger partial charge in [-0.15, -0.1) is 0 Å². The summed E-state index contributed by atoms with van der Waals surface area (Å²) in [6, 6.07) is 0. The number of carbonyl (C=O) groups is 4. The number of ether oxygens (including phenoxy) is 1. The fourth-order valence-electron chi connectivity index (χ4n) is 4.30. The Labute approximate surface area is 190 Å². The van der Waals surface area contributed by atoms with Crippen molar-refractivity contribution in [3.8, 4) is 17.2 Å². The van der Waals surface area contributed by atoms with Gasteiger partial charge in [-0.25, -0.2) is 0 Å². The van der Waals surface area contributed by atoms with Crippen molar-refractivity contribution in [2.24, 2.45) is 0 Å². The van der Waals surface area contributed by atoms with Gasteiger partial charge in [-0.2, -0.15) is 0 Å². The molecular weight excluding hydrogens is 430 g/mol. The number of carbonyl (C=O) groups excluding carboxylic acids is 3. The molecular formula is C24H27NO8. The van der Waals surface area contributed by atoms with Crippen LogP contribution in [0, 0.1) is 6.92 Å². The Kier molecular flexibility index (Phi) is 6.35. The summed E-state index contributed by atoms with van der Waals surface area (Å²) >= 11 is 0. The minimum atomic E-state index is -1.55. The van der Waals surface area contributed by atoms with E-state index in [1.54, 1.807) is 6.92 Å². The number of fused-ring (bicyclic) bond motifs is 3. The zero-order valence-corrected chi connectivity index (χ0v) is 19.0. The van der Waals surface area contributed by atoms with E-state index in [9.17, 15) is 29.4 Å². The first-order valence-corrected chi connectivity index (χ1v) is 10.7. The zero-order chi connectivity index (χ0) is 24.7. The second kappa shape index (κ2) is 8.73. The molecule has 176 valence electrons. The summed E-state index contributed by atoms with van der Waals surface area (Å²) < 4.78 is 5.72. The number of Topliss-reactive ketones (excluding diaryl/α,β-unsaturated/α-hetero) is 2. The van der Waals surface area contributed by atoms with Crippen molar-refractivity contribution >= 4 is 23.3 Å². The molecule has 1 aliphatic heterocycles. The van der Waals surface area contributed by atoms with Crippen molar-refractivity contribution in [3.63, 3.8) is 0 Å². The fourth-order valence-corrected chi connectivity index (χ4v) is 4.30. The van der Waals surface area contributed by atoms with Crippen LogP contribution in [-0.4, -0.2) is 45.2 Å². The minimum absolute atomic E-state index is 0.0134. The number of ketones is 3. The maximum Gasteiger partial charge on any atom is 0.303 e. The molecule has 2 aliphatic rings. The third-order valence-corrected chi connectivity index (χ3v) is 6.22. The lowest BCUT2D eigenvalue weighted by molar-refractivity contribution is -0.137. The Hall–Kier alpha value is -3.62. The van der Waals surface area contributed by atoms with Gasteiger partial charge >= 0.3 is 5.97 Å². The van der Waals surface area contributed by atoms with Crippen LogP contribution < -0.4 is 10.1 Å². The summed E-state index contributed by atoms with van der Waals surface area (Å²) in [6.07, 6.45) is 3.13. The van der Waals surface area contributed by atoms with E-state index in [0.29, 0.717) is 31.5 Å². The van der Waals surface area contributed by atoms with Gasteiger partial charge in [-0.1, -0.05) is 6.42 Å². The molecule has 0 spiro atoms. The summed E-state index contributed by atoms with van der Waals surface area (Å²) in [4.78, 5) is 49.2. The van der Waals surface area contributed by atoms with Crippen LogP contribution in [0.2, 0.25) is 0 Å². The Morgan fingerprint density at radius 1 is 1.09 bits per heavy atom. The molecule has 9 heteroatoms. The van der Waals surface area contributed by atoms with E-state index in [4.69, 9.17) is 9.84 Å². The Balaban J connectivity index is 1.98. The molecule has 0 bridgehead atoms. The van der Waals surface area contributed by atoms with Gasteiger partial charge < -0.3 is 25.4 Å². The molecule has 1 atom stereocenters. The highest BCUT2D eigenvalue weighted by atomic mass is 16.5. The number of carboxylic acid groups (broad SMARTS) is 1. The maximum atomic E-state index is 13.6. The summed E-state index contributed by atoms with van der Waals surface area (Å²) in [6.45, 7) is 6.22. The van der Waals surface area contributed by atoms with Crippen LogP contribution in [0.5, 0.6) is 17.2 Å². The van der Waals surface area contributed by atoms with Crippen LogP contribution in [0.1, 0.15) is 67.9 Å². The Bertz CT molecular complexity index is 1140. The van der Waals surface area contributed by atoms with Crippen molar-refractivity contribution in [1.82, 2.24) is 5.32 Å². The van der Waals surface area contributed by atoms with Gasteiger partial charge in [-0.3, -0.25) is 19.2 Å². The van der Waals surface area contributed by atoms with Crippen LogP contribution in [0.3, 0.4) is 0 Å². The third kappa shape index (κ3) is 3.88. The van der Waals surface area contributed by atoms with Crippen LogP contribution in [0.4, 0.5) is 0 Å². The predicted molar refractivity (Wildman–Crippen MR) is 117 cm³/mol. The first-order chi connectivity index (χ1) is 15.4. The topological polar surface area (TPSA) is 150 Å². The lowest BCUT2D eigenvalue weighted by Gasteiger charge is -2.29. The number of hydrogen-bond donors (Lipinski definition) is 4. The smallest absolute Gasteiger partial charge is 0.303 e. The Morgan fingerprint density at radius 2 is 1.76 bits per heavy atom. The van der Waals surface area contributed by atoms with Gasteiger partial charge in [0.1, 0.15) is 34.0 Å². The van der Waals surface area contributed by atoms with Gasteiger partial charge in [0.25, 0.3) is 0 Å². The van der Waals surface area contributed by atoms with Crippen molar-refractivity contribution < 1.29 is 39.2 Å². The quantitative estimate of drug-likeness (QED) is 0.200. The minimum Gasteiger partial charge on any atom is -0.507 e.